The number of nitriles is 1. The highest BCUT2D eigenvalue weighted by molar-refractivity contribution is 5.61. The molecule has 0 radical (unpaired) electrons. The Morgan fingerprint density at radius 3 is 2.84 bits per heavy atom. The van der Waals surface area contributed by atoms with Crippen molar-refractivity contribution < 1.29 is 0 Å². The monoisotopic (exact) mass is 251 g/mol. The number of aromatic nitrogens is 2. The van der Waals surface area contributed by atoms with Gasteiger partial charge in [0.25, 0.3) is 0 Å². The summed E-state index contributed by atoms with van der Waals surface area (Å²) >= 11 is 0. The maximum absolute atomic E-state index is 9.14. The summed E-state index contributed by atoms with van der Waals surface area (Å²) in [6, 6.07) is 8.87. The van der Waals surface area contributed by atoms with E-state index in [9.17, 15) is 0 Å². The van der Waals surface area contributed by atoms with Gasteiger partial charge in [-0.25, -0.2) is 4.98 Å². The Bertz CT molecular complexity index is 659. The van der Waals surface area contributed by atoms with E-state index in [1.54, 1.807) is 0 Å². The van der Waals surface area contributed by atoms with Crippen molar-refractivity contribution in [3.05, 3.63) is 41.3 Å². The van der Waals surface area contributed by atoms with E-state index in [0.717, 1.165) is 17.1 Å². The molecule has 0 saturated carbocycles. The summed E-state index contributed by atoms with van der Waals surface area (Å²) < 4.78 is 0. The molecule has 1 N–H and O–H groups in total. The quantitative estimate of drug-likeness (QED) is 0.889. The zero-order valence-electron chi connectivity index (χ0n) is 11.3. The van der Waals surface area contributed by atoms with Crippen molar-refractivity contribution >= 4 is 0 Å². The second-order valence-corrected chi connectivity index (χ2v) is 5.72. The first-order valence-electron chi connectivity index (χ1n) is 6.69. The van der Waals surface area contributed by atoms with Crippen molar-refractivity contribution in [2.75, 3.05) is 0 Å². The van der Waals surface area contributed by atoms with Gasteiger partial charge in [0, 0.05) is 0 Å². The highest BCUT2D eigenvalue weighted by Gasteiger charge is 2.23. The number of hydrogen-bond acceptors (Lipinski definition) is 2. The fourth-order valence-electron chi connectivity index (χ4n) is 2.58. The number of imidazole rings is 1. The van der Waals surface area contributed by atoms with Crippen molar-refractivity contribution in [3.63, 3.8) is 0 Å². The third-order valence-corrected chi connectivity index (χ3v) is 3.86. The van der Waals surface area contributed by atoms with Gasteiger partial charge in [0.15, 0.2) is 0 Å². The molecular weight excluding hydrogens is 234 g/mol. The molecule has 1 heterocycles. The van der Waals surface area contributed by atoms with Crippen molar-refractivity contribution in [1.29, 1.82) is 5.26 Å². The van der Waals surface area contributed by atoms with E-state index in [4.69, 9.17) is 5.26 Å². The van der Waals surface area contributed by atoms with E-state index >= 15 is 0 Å². The van der Waals surface area contributed by atoms with Crippen LogP contribution in [0.4, 0.5) is 0 Å². The van der Waals surface area contributed by atoms with Crippen molar-refractivity contribution in [2.24, 2.45) is 0 Å². The molecule has 3 nitrogen and oxygen atoms in total. The van der Waals surface area contributed by atoms with Crippen LogP contribution in [-0.2, 0) is 18.3 Å². The van der Waals surface area contributed by atoms with Gasteiger partial charge in [0.05, 0.1) is 18.0 Å². The number of fused-ring (bicyclic) bond motifs is 1. The molecule has 3 heteroatoms. The Morgan fingerprint density at radius 2 is 2.05 bits per heavy atom. The van der Waals surface area contributed by atoms with Crippen LogP contribution in [0.5, 0.6) is 0 Å². The smallest absolute Gasteiger partial charge is 0.126 e. The second-order valence-electron chi connectivity index (χ2n) is 5.72. The largest absolute Gasteiger partial charge is 0.341 e. The van der Waals surface area contributed by atoms with Crippen LogP contribution in [0.25, 0.3) is 11.3 Å². The van der Waals surface area contributed by atoms with Gasteiger partial charge >= 0.3 is 0 Å². The number of aryl methyl sites for hydroxylation is 2. The van der Waals surface area contributed by atoms with Crippen LogP contribution >= 0.6 is 0 Å². The predicted molar refractivity (Wildman–Crippen MR) is 74.7 cm³/mol. The van der Waals surface area contributed by atoms with Gasteiger partial charge in [-0.1, -0.05) is 12.1 Å². The average molecular weight is 251 g/mol. The molecule has 0 unspecified atom stereocenters. The summed E-state index contributed by atoms with van der Waals surface area (Å²) in [6.07, 6.45) is 5.46. The molecule has 1 aliphatic rings. The van der Waals surface area contributed by atoms with Gasteiger partial charge < -0.3 is 4.98 Å². The van der Waals surface area contributed by atoms with Gasteiger partial charge in [-0.3, -0.25) is 0 Å². The molecule has 0 fully saturated rings. The number of benzene rings is 1. The van der Waals surface area contributed by atoms with Gasteiger partial charge in [0.2, 0.25) is 0 Å². The fourth-order valence-corrected chi connectivity index (χ4v) is 2.58. The lowest BCUT2D eigenvalue weighted by atomic mass is 9.95. The van der Waals surface area contributed by atoms with Gasteiger partial charge in [-0.15, -0.1) is 0 Å². The highest BCUT2D eigenvalue weighted by atomic mass is 14.9. The van der Waals surface area contributed by atoms with Gasteiger partial charge in [-0.2, -0.15) is 5.26 Å². The third-order valence-electron chi connectivity index (χ3n) is 3.86. The van der Waals surface area contributed by atoms with Crippen LogP contribution in [-0.4, -0.2) is 9.97 Å². The molecular formula is C16H17N3. The van der Waals surface area contributed by atoms with Crippen molar-refractivity contribution in [2.45, 2.75) is 38.5 Å². The molecule has 0 spiro atoms. The number of nitrogens with one attached hydrogen (secondary N) is 1. The number of aromatic amines is 1. The molecule has 0 bridgehead atoms. The van der Waals surface area contributed by atoms with E-state index < -0.39 is 5.41 Å². The molecule has 19 heavy (non-hydrogen) atoms. The van der Waals surface area contributed by atoms with Crippen molar-refractivity contribution in [1.82, 2.24) is 9.97 Å². The molecule has 0 saturated heterocycles. The fraction of sp³-hybridized carbons (Fsp3) is 0.375. The molecule has 2 aromatic rings. The van der Waals surface area contributed by atoms with Crippen LogP contribution in [0.2, 0.25) is 0 Å². The van der Waals surface area contributed by atoms with E-state index in [0.29, 0.717) is 0 Å². The summed E-state index contributed by atoms with van der Waals surface area (Å²) in [7, 11) is 0. The summed E-state index contributed by atoms with van der Waals surface area (Å²) in [5.74, 6) is 0.727. The lowest BCUT2D eigenvalue weighted by Crippen LogP contribution is -2.15. The first kappa shape index (κ1) is 12.0. The number of nitrogens with zero attached hydrogens (tertiary/aromatic N) is 2. The van der Waals surface area contributed by atoms with E-state index in [-0.39, 0.29) is 0 Å². The molecule has 96 valence electrons. The van der Waals surface area contributed by atoms with Gasteiger partial charge in [-0.05, 0) is 55.9 Å². The van der Waals surface area contributed by atoms with Crippen molar-refractivity contribution in [3.8, 4) is 17.3 Å². The number of hydrogen-bond donors (Lipinski definition) is 1. The zero-order chi connectivity index (χ0) is 13.5. The van der Waals surface area contributed by atoms with Crippen LogP contribution in [0.15, 0.2) is 24.4 Å². The molecule has 0 aliphatic heterocycles. The van der Waals surface area contributed by atoms with Crippen LogP contribution in [0.3, 0.4) is 0 Å². The third kappa shape index (κ3) is 2.04. The lowest BCUT2D eigenvalue weighted by molar-refractivity contribution is 0.640. The Labute approximate surface area is 113 Å². The molecule has 1 aliphatic carbocycles. The van der Waals surface area contributed by atoms with Crippen LogP contribution < -0.4 is 0 Å². The molecule has 1 aromatic carbocycles. The minimum absolute atomic E-state index is 0.574. The maximum Gasteiger partial charge on any atom is 0.126 e. The van der Waals surface area contributed by atoms with E-state index in [2.05, 4.69) is 34.2 Å². The number of rotatable bonds is 2. The van der Waals surface area contributed by atoms with E-state index in [1.807, 2.05) is 20.0 Å². The SMILES string of the molecule is CC(C)(C#N)c1ncc(-c2ccc3c(c2)CCC3)[nH]1. The van der Waals surface area contributed by atoms with E-state index in [1.165, 1.54) is 30.4 Å². The molecule has 0 amide bonds. The Hall–Kier alpha value is -2.08. The Balaban J connectivity index is 1.98. The molecule has 3 rings (SSSR count). The summed E-state index contributed by atoms with van der Waals surface area (Å²) in [5.41, 5.74) is 4.50. The predicted octanol–water partition coefficient (Wildman–Crippen LogP) is 3.37. The zero-order valence-corrected chi connectivity index (χ0v) is 11.3. The standard InChI is InChI=1S/C16H17N3/c1-16(2,10-17)15-18-9-14(19-15)13-7-6-11-4-3-5-12(11)8-13/h6-9H,3-5H2,1-2H3,(H,18,19). The Kier molecular flexibility index (Phi) is 2.67. The second kappa shape index (κ2) is 4.24. The normalized spacial score (nSPS) is 14.2. The minimum Gasteiger partial charge on any atom is -0.341 e. The first-order valence-corrected chi connectivity index (χ1v) is 6.69. The average Bonchev–Trinajstić information content (AvgIpc) is 3.06. The lowest BCUT2D eigenvalue weighted by Gasteiger charge is -2.10. The first-order chi connectivity index (χ1) is 9.10. The summed E-state index contributed by atoms with van der Waals surface area (Å²) in [4.78, 5) is 7.63. The summed E-state index contributed by atoms with van der Waals surface area (Å²) in [5, 5.41) is 9.14. The van der Waals surface area contributed by atoms with Crippen LogP contribution in [0, 0.1) is 11.3 Å². The molecule has 0 atom stereocenters. The molecule has 1 aromatic heterocycles. The highest BCUT2D eigenvalue weighted by Crippen LogP contribution is 2.28. The topological polar surface area (TPSA) is 52.5 Å². The number of H-pyrrole nitrogens is 1. The van der Waals surface area contributed by atoms with Gasteiger partial charge in [0.1, 0.15) is 11.2 Å². The minimum atomic E-state index is -0.574. The summed E-state index contributed by atoms with van der Waals surface area (Å²) in [6.45, 7) is 3.75. The maximum atomic E-state index is 9.14. The Morgan fingerprint density at radius 1 is 1.26 bits per heavy atom. The van der Waals surface area contributed by atoms with Crippen LogP contribution in [0.1, 0.15) is 37.2 Å².